The molecule has 0 bridgehead atoms. The second kappa shape index (κ2) is 8.55. The number of thiazole rings is 1. The van der Waals surface area contributed by atoms with Gasteiger partial charge in [-0.3, -0.25) is 4.79 Å². The van der Waals surface area contributed by atoms with Gasteiger partial charge in [0, 0.05) is 18.0 Å². The summed E-state index contributed by atoms with van der Waals surface area (Å²) in [6.45, 7) is 2.50. The lowest BCUT2D eigenvalue weighted by molar-refractivity contribution is -0.118. The summed E-state index contributed by atoms with van der Waals surface area (Å²) in [4.78, 5) is 17.0. The van der Waals surface area contributed by atoms with Crippen LogP contribution in [0.1, 0.15) is 19.8 Å². The molecule has 9 heteroatoms. The zero-order valence-corrected chi connectivity index (χ0v) is 17.5. The van der Waals surface area contributed by atoms with Crippen molar-refractivity contribution in [2.75, 3.05) is 5.75 Å². The Bertz CT molecular complexity index is 1180. The summed E-state index contributed by atoms with van der Waals surface area (Å²) in [6.07, 6.45) is 0.179. The van der Waals surface area contributed by atoms with Gasteiger partial charge in [0.2, 0.25) is 5.91 Å². The van der Waals surface area contributed by atoms with Crippen molar-refractivity contribution in [1.29, 1.82) is 0 Å². The molecule has 0 spiro atoms. The molecule has 3 rings (SSSR count). The van der Waals surface area contributed by atoms with E-state index in [0.29, 0.717) is 21.1 Å². The van der Waals surface area contributed by atoms with Gasteiger partial charge in [-0.25, -0.2) is 12.8 Å². The molecule has 0 N–H and O–H groups in total. The standard InChI is InChI=1S/C19H18ClFN2O3S2/c1-2-23-16-10-7-14(21)12-17(16)27-19(23)22-18(24)4-3-11-28(25,26)15-8-5-13(20)6-9-15/h5-10,12H,2-4,11H2,1H3. The Morgan fingerprint density at radius 1 is 1.21 bits per heavy atom. The smallest absolute Gasteiger partial charge is 0.248 e. The highest BCUT2D eigenvalue weighted by Crippen LogP contribution is 2.19. The largest absolute Gasteiger partial charge is 0.317 e. The highest BCUT2D eigenvalue weighted by atomic mass is 35.5. The van der Waals surface area contributed by atoms with Crippen LogP contribution in [0.4, 0.5) is 4.39 Å². The Hall–Kier alpha value is -2.03. The first-order valence-electron chi connectivity index (χ1n) is 8.65. The van der Waals surface area contributed by atoms with Crippen LogP contribution in [0.5, 0.6) is 0 Å². The number of amides is 1. The molecule has 28 heavy (non-hydrogen) atoms. The van der Waals surface area contributed by atoms with Crippen molar-refractivity contribution in [3.63, 3.8) is 0 Å². The minimum Gasteiger partial charge on any atom is -0.317 e. The number of hydrogen-bond donors (Lipinski definition) is 0. The zero-order valence-electron chi connectivity index (χ0n) is 15.1. The van der Waals surface area contributed by atoms with Gasteiger partial charge in [-0.15, -0.1) is 0 Å². The molecular formula is C19H18ClFN2O3S2. The fraction of sp³-hybridized carbons (Fsp3) is 0.263. The van der Waals surface area contributed by atoms with Crippen LogP contribution < -0.4 is 4.80 Å². The van der Waals surface area contributed by atoms with Gasteiger partial charge in [0.15, 0.2) is 14.6 Å². The SMILES string of the molecule is CCn1c(=NC(=O)CCCS(=O)(=O)c2ccc(Cl)cc2)sc2cc(F)ccc21. The van der Waals surface area contributed by atoms with Crippen LogP contribution in [0.25, 0.3) is 10.2 Å². The van der Waals surface area contributed by atoms with Crippen molar-refractivity contribution in [3.8, 4) is 0 Å². The topological polar surface area (TPSA) is 68.5 Å². The zero-order chi connectivity index (χ0) is 20.3. The maximum Gasteiger partial charge on any atom is 0.248 e. The Balaban J connectivity index is 1.72. The van der Waals surface area contributed by atoms with Crippen molar-refractivity contribution in [2.24, 2.45) is 4.99 Å². The summed E-state index contributed by atoms with van der Waals surface area (Å²) >= 11 is 7.01. The molecule has 5 nitrogen and oxygen atoms in total. The lowest BCUT2D eigenvalue weighted by atomic mass is 10.3. The molecule has 0 saturated carbocycles. The maximum atomic E-state index is 13.4. The lowest BCUT2D eigenvalue weighted by Gasteiger charge is -2.03. The molecule has 0 aliphatic rings. The fourth-order valence-corrected chi connectivity index (χ4v) is 5.35. The number of aryl methyl sites for hydroxylation is 1. The minimum atomic E-state index is -3.48. The number of fused-ring (bicyclic) bond motifs is 1. The Labute approximate surface area is 171 Å². The summed E-state index contributed by atoms with van der Waals surface area (Å²) in [7, 11) is -3.48. The van der Waals surface area contributed by atoms with Crippen molar-refractivity contribution < 1.29 is 17.6 Å². The second-order valence-electron chi connectivity index (χ2n) is 6.12. The van der Waals surface area contributed by atoms with Crippen LogP contribution in [0.2, 0.25) is 5.02 Å². The third-order valence-electron chi connectivity index (χ3n) is 4.16. The molecule has 3 aromatic rings. The first-order chi connectivity index (χ1) is 13.3. The number of sulfone groups is 1. The van der Waals surface area contributed by atoms with E-state index in [-0.39, 0.29) is 29.3 Å². The highest BCUT2D eigenvalue weighted by Gasteiger charge is 2.15. The van der Waals surface area contributed by atoms with Crippen molar-refractivity contribution in [3.05, 3.63) is 58.1 Å². The van der Waals surface area contributed by atoms with Crippen LogP contribution in [-0.2, 0) is 21.2 Å². The summed E-state index contributed by atoms with van der Waals surface area (Å²) in [5.41, 5.74) is 0.811. The van der Waals surface area contributed by atoms with E-state index in [0.717, 1.165) is 5.52 Å². The van der Waals surface area contributed by atoms with Gasteiger partial charge in [0.25, 0.3) is 0 Å². The van der Waals surface area contributed by atoms with E-state index in [4.69, 9.17) is 11.6 Å². The molecule has 148 valence electrons. The molecule has 1 heterocycles. The van der Waals surface area contributed by atoms with Gasteiger partial charge >= 0.3 is 0 Å². The number of hydrogen-bond acceptors (Lipinski definition) is 4. The molecule has 1 amide bonds. The molecular weight excluding hydrogens is 423 g/mol. The fourth-order valence-electron chi connectivity index (χ4n) is 2.77. The number of carbonyl (C=O) groups excluding carboxylic acids is 1. The summed E-state index contributed by atoms with van der Waals surface area (Å²) in [5, 5.41) is 0.459. The number of carbonyl (C=O) groups is 1. The quantitative estimate of drug-likeness (QED) is 0.577. The first-order valence-corrected chi connectivity index (χ1v) is 11.5. The van der Waals surface area contributed by atoms with E-state index < -0.39 is 15.7 Å². The van der Waals surface area contributed by atoms with E-state index in [1.54, 1.807) is 6.07 Å². The van der Waals surface area contributed by atoms with Gasteiger partial charge < -0.3 is 4.57 Å². The van der Waals surface area contributed by atoms with Crippen LogP contribution in [0.3, 0.4) is 0 Å². The molecule has 0 fully saturated rings. The highest BCUT2D eigenvalue weighted by molar-refractivity contribution is 7.91. The van der Waals surface area contributed by atoms with E-state index in [2.05, 4.69) is 4.99 Å². The maximum absolute atomic E-state index is 13.4. The van der Waals surface area contributed by atoms with E-state index in [1.807, 2.05) is 11.5 Å². The molecule has 0 unspecified atom stereocenters. The monoisotopic (exact) mass is 440 g/mol. The van der Waals surface area contributed by atoms with Crippen LogP contribution in [0.15, 0.2) is 52.4 Å². The number of aromatic nitrogens is 1. The van der Waals surface area contributed by atoms with Crippen molar-refractivity contribution in [1.82, 2.24) is 4.57 Å². The third kappa shape index (κ3) is 4.68. The van der Waals surface area contributed by atoms with Gasteiger partial charge in [0.1, 0.15) is 5.82 Å². The molecule has 0 saturated heterocycles. The third-order valence-corrected chi connectivity index (χ3v) is 7.27. The minimum absolute atomic E-state index is 0.0130. The van der Waals surface area contributed by atoms with Crippen LogP contribution >= 0.6 is 22.9 Å². The van der Waals surface area contributed by atoms with Crippen molar-refractivity contribution in [2.45, 2.75) is 31.2 Å². The molecule has 2 aromatic carbocycles. The molecule has 0 aliphatic heterocycles. The number of rotatable bonds is 6. The van der Waals surface area contributed by atoms with Crippen LogP contribution in [-0.4, -0.2) is 24.6 Å². The normalized spacial score (nSPS) is 12.6. The molecule has 0 radical (unpaired) electrons. The summed E-state index contributed by atoms with van der Waals surface area (Å²) in [6, 6.07) is 10.4. The van der Waals surface area contributed by atoms with E-state index in [1.165, 1.54) is 47.7 Å². The van der Waals surface area contributed by atoms with Gasteiger partial charge in [-0.2, -0.15) is 4.99 Å². The predicted molar refractivity (Wildman–Crippen MR) is 109 cm³/mol. The van der Waals surface area contributed by atoms with Crippen molar-refractivity contribution >= 4 is 48.9 Å². The predicted octanol–water partition coefficient (Wildman–Crippen LogP) is 4.20. The van der Waals surface area contributed by atoms with E-state index in [9.17, 15) is 17.6 Å². The summed E-state index contributed by atoms with van der Waals surface area (Å²) < 4.78 is 40.6. The van der Waals surface area contributed by atoms with E-state index >= 15 is 0 Å². The second-order valence-corrected chi connectivity index (χ2v) is 9.68. The Morgan fingerprint density at radius 2 is 1.93 bits per heavy atom. The lowest BCUT2D eigenvalue weighted by Crippen LogP contribution is -2.16. The average Bonchev–Trinajstić information content (AvgIpc) is 2.97. The number of halogens is 2. The summed E-state index contributed by atoms with van der Waals surface area (Å²) in [5.74, 6) is -0.899. The first kappa shape index (κ1) is 20.7. The van der Waals surface area contributed by atoms with Gasteiger partial charge in [0.05, 0.1) is 20.9 Å². The molecule has 0 atom stereocenters. The molecule has 0 aliphatic carbocycles. The number of nitrogens with zero attached hydrogens (tertiary/aromatic N) is 2. The van der Waals surface area contributed by atoms with Crippen LogP contribution in [0, 0.1) is 5.82 Å². The Morgan fingerprint density at radius 3 is 2.61 bits per heavy atom. The van der Waals surface area contributed by atoms with Gasteiger partial charge in [-0.1, -0.05) is 22.9 Å². The Kier molecular flexibility index (Phi) is 6.32. The average molecular weight is 441 g/mol. The number of benzene rings is 2. The van der Waals surface area contributed by atoms with Gasteiger partial charge in [-0.05, 0) is 55.8 Å². The molecule has 1 aromatic heterocycles.